The largest absolute Gasteiger partial charge is 0.481 e. The van der Waals surface area contributed by atoms with E-state index in [4.69, 9.17) is 5.11 Å². The van der Waals surface area contributed by atoms with Crippen LogP contribution < -0.4 is 5.32 Å². The van der Waals surface area contributed by atoms with Crippen LogP contribution in [0.25, 0.3) is 0 Å². The number of aryl methyl sites for hydroxylation is 1. The Balaban J connectivity index is 2.09. The van der Waals surface area contributed by atoms with E-state index in [0.717, 1.165) is 0 Å². The number of halogens is 2. The third-order valence-corrected chi connectivity index (χ3v) is 3.58. The summed E-state index contributed by atoms with van der Waals surface area (Å²) in [4.78, 5) is 22.4. The van der Waals surface area contributed by atoms with Gasteiger partial charge in [0.15, 0.2) is 0 Å². The fourth-order valence-electron chi connectivity index (χ4n) is 1.76. The highest BCUT2D eigenvalue weighted by atomic mass is 79.9. The molecule has 0 saturated heterocycles. The number of amides is 1. The van der Waals surface area contributed by atoms with Gasteiger partial charge in [0.2, 0.25) is 5.91 Å². The second kappa shape index (κ2) is 4.68. The minimum Gasteiger partial charge on any atom is -0.481 e. The summed E-state index contributed by atoms with van der Waals surface area (Å²) < 4.78 is 13.5. The summed E-state index contributed by atoms with van der Waals surface area (Å²) in [5.74, 6) is -2.75. The lowest BCUT2D eigenvalue weighted by molar-refractivity contribution is -0.139. The molecule has 1 aliphatic rings. The lowest BCUT2D eigenvalue weighted by Crippen LogP contribution is -2.17. The van der Waals surface area contributed by atoms with E-state index in [1.165, 1.54) is 12.1 Å². The van der Waals surface area contributed by atoms with Crippen LogP contribution in [0, 0.1) is 24.6 Å². The van der Waals surface area contributed by atoms with Crippen LogP contribution in [-0.2, 0) is 9.59 Å². The van der Waals surface area contributed by atoms with Gasteiger partial charge in [0.1, 0.15) is 5.82 Å². The number of hydrogen-bond acceptors (Lipinski definition) is 2. The number of anilines is 1. The van der Waals surface area contributed by atoms with E-state index in [-0.39, 0.29) is 10.4 Å². The standard InChI is InChI=1S/C12H11BrFNO3/c1-5-2-9(14)8(13)4-10(5)15-11(16)6-3-7(6)12(17)18/h2,4,6-7H,3H2,1H3,(H,15,16)(H,17,18)/t6-,7+/m1/s1. The summed E-state index contributed by atoms with van der Waals surface area (Å²) >= 11 is 3.04. The first-order valence-electron chi connectivity index (χ1n) is 5.39. The Morgan fingerprint density at radius 1 is 1.44 bits per heavy atom. The predicted octanol–water partition coefficient (Wildman–Crippen LogP) is 2.56. The van der Waals surface area contributed by atoms with Crippen molar-refractivity contribution in [3.05, 3.63) is 28.0 Å². The molecule has 0 aliphatic heterocycles. The van der Waals surface area contributed by atoms with Gasteiger partial charge < -0.3 is 10.4 Å². The topological polar surface area (TPSA) is 66.4 Å². The number of nitrogens with one attached hydrogen (secondary N) is 1. The second-order valence-corrected chi connectivity index (χ2v) is 5.21. The number of carbonyl (C=O) groups is 2. The van der Waals surface area contributed by atoms with Gasteiger partial charge in [0, 0.05) is 5.69 Å². The van der Waals surface area contributed by atoms with E-state index < -0.39 is 23.6 Å². The minimum absolute atomic E-state index is 0.258. The van der Waals surface area contributed by atoms with Crippen molar-refractivity contribution in [2.75, 3.05) is 5.32 Å². The summed E-state index contributed by atoms with van der Waals surface area (Å²) in [6.45, 7) is 1.67. The molecule has 0 spiro atoms. The molecule has 96 valence electrons. The van der Waals surface area contributed by atoms with Crippen LogP contribution in [0.15, 0.2) is 16.6 Å². The van der Waals surface area contributed by atoms with Crippen LogP contribution in [-0.4, -0.2) is 17.0 Å². The van der Waals surface area contributed by atoms with Crippen molar-refractivity contribution in [1.82, 2.24) is 0 Å². The summed E-state index contributed by atoms with van der Waals surface area (Å²) in [7, 11) is 0. The molecule has 0 aromatic heterocycles. The highest BCUT2D eigenvalue weighted by Gasteiger charge is 2.48. The Labute approximate surface area is 111 Å². The first-order chi connectivity index (χ1) is 8.40. The Kier molecular flexibility index (Phi) is 3.38. The molecule has 1 aliphatic carbocycles. The van der Waals surface area contributed by atoms with Crippen molar-refractivity contribution in [3.8, 4) is 0 Å². The van der Waals surface area contributed by atoms with E-state index in [1.807, 2.05) is 0 Å². The number of carboxylic acids is 1. The molecule has 2 rings (SSSR count). The monoisotopic (exact) mass is 315 g/mol. The molecule has 1 aromatic carbocycles. The van der Waals surface area contributed by atoms with E-state index in [9.17, 15) is 14.0 Å². The van der Waals surface area contributed by atoms with E-state index >= 15 is 0 Å². The number of rotatable bonds is 3. The number of carboxylic acid groups (broad SMARTS) is 1. The van der Waals surface area contributed by atoms with Crippen molar-refractivity contribution in [2.45, 2.75) is 13.3 Å². The Morgan fingerprint density at radius 2 is 2.11 bits per heavy atom. The molecule has 1 fully saturated rings. The fourth-order valence-corrected chi connectivity index (χ4v) is 2.11. The number of carbonyl (C=O) groups excluding carboxylic acids is 1. The number of benzene rings is 1. The molecule has 0 radical (unpaired) electrons. The van der Waals surface area contributed by atoms with Crippen molar-refractivity contribution >= 4 is 33.5 Å². The molecule has 6 heteroatoms. The van der Waals surface area contributed by atoms with Crippen LogP contribution in [0.5, 0.6) is 0 Å². The molecule has 0 bridgehead atoms. The Bertz CT molecular complexity index is 532. The maximum atomic E-state index is 13.2. The molecule has 1 aromatic rings. The molecule has 0 heterocycles. The van der Waals surface area contributed by atoms with Gasteiger partial charge in [-0.05, 0) is 47.0 Å². The maximum Gasteiger partial charge on any atom is 0.307 e. The lowest BCUT2D eigenvalue weighted by atomic mass is 10.2. The van der Waals surface area contributed by atoms with E-state index in [0.29, 0.717) is 17.7 Å². The molecular formula is C12H11BrFNO3. The zero-order valence-corrected chi connectivity index (χ0v) is 11.1. The SMILES string of the molecule is Cc1cc(F)c(Br)cc1NC(=O)[C@@H]1C[C@@H]1C(=O)O. The van der Waals surface area contributed by atoms with Crippen molar-refractivity contribution < 1.29 is 19.1 Å². The number of aliphatic carboxylic acids is 1. The second-order valence-electron chi connectivity index (χ2n) is 4.36. The molecule has 2 atom stereocenters. The Hall–Kier alpha value is -1.43. The maximum absolute atomic E-state index is 13.2. The van der Waals surface area contributed by atoms with Gasteiger partial charge in [-0.15, -0.1) is 0 Å². The van der Waals surface area contributed by atoms with Crippen LogP contribution in [0.4, 0.5) is 10.1 Å². The molecule has 18 heavy (non-hydrogen) atoms. The van der Waals surface area contributed by atoms with E-state index in [2.05, 4.69) is 21.2 Å². The lowest BCUT2D eigenvalue weighted by Gasteiger charge is -2.09. The van der Waals surface area contributed by atoms with Crippen molar-refractivity contribution in [1.29, 1.82) is 0 Å². The average Bonchev–Trinajstić information content (AvgIpc) is 3.05. The Morgan fingerprint density at radius 3 is 2.67 bits per heavy atom. The van der Waals surface area contributed by atoms with Crippen molar-refractivity contribution in [3.63, 3.8) is 0 Å². The smallest absolute Gasteiger partial charge is 0.307 e. The fraction of sp³-hybridized carbons (Fsp3) is 0.333. The molecule has 0 unspecified atom stereocenters. The molecule has 2 N–H and O–H groups in total. The summed E-state index contributed by atoms with van der Waals surface area (Å²) in [6, 6.07) is 2.78. The van der Waals surface area contributed by atoms with Gasteiger partial charge in [-0.1, -0.05) is 0 Å². The van der Waals surface area contributed by atoms with Crippen LogP contribution in [0.3, 0.4) is 0 Å². The zero-order valence-electron chi connectivity index (χ0n) is 9.54. The quantitative estimate of drug-likeness (QED) is 0.900. The number of hydrogen-bond donors (Lipinski definition) is 2. The van der Waals surface area contributed by atoms with Gasteiger partial charge in [0.25, 0.3) is 0 Å². The van der Waals surface area contributed by atoms with Gasteiger partial charge in [-0.25, -0.2) is 4.39 Å². The molecular weight excluding hydrogens is 305 g/mol. The first-order valence-corrected chi connectivity index (χ1v) is 6.18. The van der Waals surface area contributed by atoms with Crippen molar-refractivity contribution in [2.24, 2.45) is 11.8 Å². The zero-order chi connectivity index (χ0) is 13.4. The third-order valence-electron chi connectivity index (χ3n) is 2.97. The van der Waals surface area contributed by atoms with Gasteiger partial charge >= 0.3 is 5.97 Å². The molecule has 1 amide bonds. The van der Waals surface area contributed by atoms with Gasteiger partial charge in [-0.2, -0.15) is 0 Å². The highest BCUT2D eigenvalue weighted by molar-refractivity contribution is 9.10. The summed E-state index contributed by atoms with van der Waals surface area (Å²) in [6.07, 6.45) is 0.364. The first kappa shape index (κ1) is 13.0. The van der Waals surface area contributed by atoms with Crippen LogP contribution in [0.1, 0.15) is 12.0 Å². The van der Waals surface area contributed by atoms with Crippen LogP contribution in [0.2, 0.25) is 0 Å². The predicted molar refractivity (Wildman–Crippen MR) is 66.7 cm³/mol. The molecule has 1 saturated carbocycles. The highest BCUT2D eigenvalue weighted by Crippen LogP contribution is 2.39. The minimum atomic E-state index is -0.952. The normalized spacial score (nSPS) is 21.5. The average molecular weight is 316 g/mol. The van der Waals surface area contributed by atoms with E-state index in [1.54, 1.807) is 6.92 Å². The van der Waals surface area contributed by atoms with Gasteiger partial charge in [0.05, 0.1) is 16.3 Å². The summed E-state index contributed by atoms with van der Waals surface area (Å²) in [5, 5.41) is 11.4. The third kappa shape index (κ3) is 2.53. The molecule has 4 nitrogen and oxygen atoms in total. The van der Waals surface area contributed by atoms with Gasteiger partial charge in [-0.3, -0.25) is 9.59 Å². The van der Waals surface area contributed by atoms with Crippen LogP contribution >= 0.6 is 15.9 Å². The summed E-state index contributed by atoms with van der Waals surface area (Å²) in [5.41, 5.74) is 1.08.